The van der Waals surface area contributed by atoms with Crippen LogP contribution in [0.1, 0.15) is 5.69 Å². The van der Waals surface area contributed by atoms with E-state index in [1.54, 1.807) is 6.20 Å². The maximum Gasteiger partial charge on any atom is 0.225 e. The van der Waals surface area contributed by atoms with Gasteiger partial charge in [-0.15, -0.1) is 0 Å². The minimum atomic E-state index is -0.234. The smallest absolute Gasteiger partial charge is 0.225 e. The molecule has 1 aliphatic rings. The van der Waals surface area contributed by atoms with Crippen LogP contribution in [0.3, 0.4) is 0 Å². The van der Waals surface area contributed by atoms with Crippen LogP contribution in [0.25, 0.3) is 0 Å². The molecule has 0 unspecified atom stereocenters. The molecule has 0 radical (unpaired) electrons. The van der Waals surface area contributed by atoms with Crippen LogP contribution in [-0.2, 0) is 0 Å². The summed E-state index contributed by atoms with van der Waals surface area (Å²) in [5, 5.41) is 0. The molecule has 4 heteroatoms. The van der Waals surface area contributed by atoms with Crippen molar-refractivity contribution in [2.45, 2.75) is 6.92 Å². The standard InChI is InChI=1S/C9H12FN3/c1-7-2-3-11-9(12-7)13-5-8(4-10)6-13/h2-3,8H,4-6H2,1H3. The minimum Gasteiger partial charge on any atom is -0.340 e. The molecule has 1 aromatic heterocycles. The molecule has 2 rings (SSSR count). The van der Waals surface area contributed by atoms with Gasteiger partial charge >= 0.3 is 0 Å². The van der Waals surface area contributed by atoms with Crippen molar-refractivity contribution in [3.63, 3.8) is 0 Å². The lowest BCUT2D eigenvalue weighted by molar-refractivity contribution is 0.303. The molecule has 0 N–H and O–H groups in total. The monoisotopic (exact) mass is 181 g/mol. The van der Waals surface area contributed by atoms with Gasteiger partial charge in [0.2, 0.25) is 5.95 Å². The molecule has 0 atom stereocenters. The summed E-state index contributed by atoms with van der Waals surface area (Å²) in [4.78, 5) is 10.4. The molecule has 1 aromatic rings. The van der Waals surface area contributed by atoms with Gasteiger partial charge in [-0.05, 0) is 13.0 Å². The maximum absolute atomic E-state index is 12.1. The van der Waals surface area contributed by atoms with E-state index in [0.717, 1.165) is 24.7 Å². The van der Waals surface area contributed by atoms with Crippen molar-refractivity contribution in [1.29, 1.82) is 0 Å². The lowest BCUT2D eigenvalue weighted by Crippen LogP contribution is -2.48. The van der Waals surface area contributed by atoms with Gasteiger partial charge in [0.05, 0.1) is 6.67 Å². The van der Waals surface area contributed by atoms with Crippen LogP contribution in [-0.4, -0.2) is 29.7 Å². The molecule has 0 amide bonds. The molecule has 0 aromatic carbocycles. The fourth-order valence-corrected chi connectivity index (χ4v) is 1.42. The van der Waals surface area contributed by atoms with Crippen molar-refractivity contribution in [2.75, 3.05) is 24.7 Å². The van der Waals surface area contributed by atoms with Crippen LogP contribution in [0.15, 0.2) is 12.3 Å². The van der Waals surface area contributed by atoms with Gasteiger partial charge in [-0.2, -0.15) is 0 Å². The van der Waals surface area contributed by atoms with Gasteiger partial charge in [-0.3, -0.25) is 4.39 Å². The molecule has 0 aliphatic carbocycles. The summed E-state index contributed by atoms with van der Waals surface area (Å²) in [5.41, 5.74) is 0.952. The highest BCUT2D eigenvalue weighted by Gasteiger charge is 2.28. The Morgan fingerprint density at radius 3 is 3.00 bits per heavy atom. The molecule has 0 bridgehead atoms. The first kappa shape index (κ1) is 8.41. The normalized spacial score (nSPS) is 17.2. The minimum absolute atomic E-state index is 0.184. The summed E-state index contributed by atoms with van der Waals surface area (Å²) >= 11 is 0. The third-order valence-corrected chi connectivity index (χ3v) is 2.24. The van der Waals surface area contributed by atoms with Crippen molar-refractivity contribution >= 4 is 5.95 Å². The zero-order valence-electron chi connectivity index (χ0n) is 7.57. The molecule has 0 spiro atoms. The quantitative estimate of drug-likeness (QED) is 0.686. The lowest BCUT2D eigenvalue weighted by atomic mass is 10.0. The van der Waals surface area contributed by atoms with Crippen LogP contribution >= 0.6 is 0 Å². The van der Waals surface area contributed by atoms with E-state index in [4.69, 9.17) is 0 Å². The van der Waals surface area contributed by atoms with E-state index < -0.39 is 0 Å². The Kier molecular flexibility index (Phi) is 2.12. The zero-order chi connectivity index (χ0) is 9.26. The van der Waals surface area contributed by atoms with E-state index in [2.05, 4.69) is 9.97 Å². The fourth-order valence-electron chi connectivity index (χ4n) is 1.42. The largest absolute Gasteiger partial charge is 0.340 e. The Hall–Kier alpha value is -1.19. The average molecular weight is 181 g/mol. The summed E-state index contributed by atoms with van der Waals surface area (Å²) in [6, 6.07) is 1.86. The number of hydrogen-bond acceptors (Lipinski definition) is 3. The highest BCUT2D eigenvalue weighted by molar-refractivity contribution is 5.34. The number of rotatable bonds is 2. The van der Waals surface area contributed by atoms with E-state index in [0.29, 0.717) is 0 Å². The maximum atomic E-state index is 12.1. The Labute approximate surface area is 76.6 Å². The van der Waals surface area contributed by atoms with Crippen molar-refractivity contribution in [2.24, 2.45) is 5.92 Å². The fraction of sp³-hybridized carbons (Fsp3) is 0.556. The topological polar surface area (TPSA) is 29.0 Å². The van der Waals surface area contributed by atoms with Crippen molar-refractivity contribution < 1.29 is 4.39 Å². The Morgan fingerprint density at radius 2 is 2.38 bits per heavy atom. The molecule has 3 nitrogen and oxygen atoms in total. The predicted molar refractivity (Wildman–Crippen MR) is 48.4 cm³/mol. The summed E-state index contributed by atoms with van der Waals surface area (Å²) in [7, 11) is 0. The molecule has 2 heterocycles. The molecular formula is C9H12FN3. The van der Waals surface area contributed by atoms with Crippen LogP contribution in [0.5, 0.6) is 0 Å². The van der Waals surface area contributed by atoms with Gasteiger partial charge in [-0.1, -0.05) is 0 Å². The third kappa shape index (κ3) is 1.61. The number of nitrogens with zero attached hydrogens (tertiary/aromatic N) is 3. The highest BCUT2D eigenvalue weighted by Crippen LogP contribution is 2.20. The molecule has 13 heavy (non-hydrogen) atoms. The van der Waals surface area contributed by atoms with Gasteiger partial charge in [0.1, 0.15) is 0 Å². The van der Waals surface area contributed by atoms with Crippen LogP contribution in [0, 0.1) is 12.8 Å². The second kappa shape index (κ2) is 3.28. The number of halogens is 1. The summed E-state index contributed by atoms with van der Waals surface area (Å²) in [5.74, 6) is 0.911. The molecular weight excluding hydrogens is 169 g/mol. The predicted octanol–water partition coefficient (Wildman–Crippen LogP) is 1.19. The number of alkyl halides is 1. The Balaban J connectivity index is 2.03. The molecule has 1 aliphatic heterocycles. The lowest BCUT2D eigenvalue weighted by Gasteiger charge is -2.37. The molecule has 0 saturated carbocycles. The first-order valence-electron chi connectivity index (χ1n) is 4.40. The first-order chi connectivity index (χ1) is 6.29. The summed E-state index contributed by atoms with van der Waals surface area (Å²) in [6.07, 6.45) is 1.74. The Morgan fingerprint density at radius 1 is 1.62 bits per heavy atom. The SMILES string of the molecule is Cc1ccnc(N2CC(CF)C2)n1. The Bertz CT molecular complexity index is 297. The van der Waals surface area contributed by atoms with E-state index in [-0.39, 0.29) is 12.6 Å². The number of hydrogen-bond donors (Lipinski definition) is 0. The van der Waals surface area contributed by atoms with E-state index >= 15 is 0 Å². The molecule has 70 valence electrons. The van der Waals surface area contributed by atoms with Gasteiger partial charge < -0.3 is 4.90 Å². The van der Waals surface area contributed by atoms with E-state index in [9.17, 15) is 4.39 Å². The highest BCUT2D eigenvalue weighted by atomic mass is 19.1. The average Bonchev–Trinajstić information content (AvgIpc) is 2.02. The van der Waals surface area contributed by atoms with Gasteiger partial charge in [-0.25, -0.2) is 9.97 Å². The second-order valence-electron chi connectivity index (χ2n) is 3.42. The van der Waals surface area contributed by atoms with Gasteiger partial charge in [0, 0.05) is 30.9 Å². The first-order valence-corrected chi connectivity index (χ1v) is 4.40. The van der Waals surface area contributed by atoms with Crippen molar-refractivity contribution in [3.05, 3.63) is 18.0 Å². The van der Waals surface area contributed by atoms with E-state index in [1.165, 1.54) is 0 Å². The van der Waals surface area contributed by atoms with Crippen LogP contribution in [0.2, 0.25) is 0 Å². The summed E-state index contributed by atoms with van der Waals surface area (Å²) < 4.78 is 12.1. The molecule has 1 fully saturated rings. The second-order valence-corrected chi connectivity index (χ2v) is 3.42. The van der Waals surface area contributed by atoms with Crippen molar-refractivity contribution in [3.8, 4) is 0 Å². The third-order valence-electron chi connectivity index (χ3n) is 2.24. The van der Waals surface area contributed by atoms with Gasteiger partial charge in [0.25, 0.3) is 0 Å². The van der Waals surface area contributed by atoms with Crippen molar-refractivity contribution in [1.82, 2.24) is 9.97 Å². The van der Waals surface area contributed by atoms with Gasteiger partial charge in [0.15, 0.2) is 0 Å². The molecule has 1 saturated heterocycles. The number of anilines is 1. The zero-order valence-corrected chi connectivity index (χ0v) is 7.57. The number of aryl methyl sites for hydroxylation is 1. The van der Waals surface area contributed by atoms with E-state index in [1.807, 2.05) is 17.9 Å². The van der Waals surface area contributed by atoms with Crippen LogP contribution in [0.4, 0.5) is 10.3 Å². The van der Waals surface area contributed by atoms with Crippen LogP contribution < -0.4 is 4.90 Å². The summed E-state index contributed by atoms with van der Waals surface area (Å²) in [6.45, 7) is 3.19. The number of aromatic nitrogens is 2.